The molecular weight excluding hydrogens is 613 g/mol. The van der Waals surface area contributed by atoms with Crippen LogP contribution in [0.15, 0.2) is 206 Å². The van der Waals surface area contributed by atoms with Gasteiger partial charge in [0.05, 0.1) is 5.41 Å². The van der Waals surface area contributed by atoms with Gasteiger partial charge in [0.1, 0.15) is 0 Å². The van der Waals surface area contributed by atoms with Crippen molar-refractivity contribution in [3.05, 3.63) is 229 Å². The molecule has 0 heteroatoms. The van der Waals surface area contributed by atoms with Crippen molar-refractivity contribution in [2.75, 3.05) is 0 Å². The van der Waals surface area contributed by atoms with Crippen molar-refractivity contribution >= 4 is 21.5 Å². The van der Waals surface area contributed by atoms with Crippen molar-refractivity contribution in [3.63, 3.8) is 0 Å². The Hall–Kier alpha value is -6.50. The minimum atomic E-state index is -0.438. The van der Waals surface area contributed by atoms with Crippen LogP contribution in [0.25, 0.3) is 66.1 Å². The van der Waals surface area contributed by atoms with Gasteiger partial charge >= 0.3 is 0 Å². The molecule has 0 N–H and O–H groups in total. The summed E-state index contributed by atoms with van der Waals surface area (Å²) < 4.78 is 0. The zero-order valence-electron chi connectivity index (χ0n) is 28.1. The van der Waals surface area contributed by atoms with E-state index < -0.39 is 5.41 Å². The first kappa shape index (κ1) is 29.4. The third-order valence-corrected chi connectivity index (χ3v) is 10.9. The molecule has 0 aromatic heterocycles. The Balaban J connectivity index is 1.19. The van der Waals surface area contributed by atoms with Crippen molar-refractivity contribution in [2.45, 2.75) is 5.41 Å². The third-order valence-electron chi connectivity index (χ3n) is 10.9. The zero-order chi connectivity index (χ0) is 33.8. The Morgan fingerprint density at radius 1 is 0.255 bits per heavy atom. The molecule has 0 atom stereocenters. The molecule has 0 fully saturated rings. The van der Waals surface area contributed by atoms with E-state index in [-0.39, 0.29) is 0 Å². The number of hydrogen-bond donors (Lipinski definition) is 0. The minimum absolute atomic E-state index is 0.438. The molecule has 238 valence electrons. The Kier molecular flexibility index (Phi) is 6.82. The second-order valence-electron chi connectivity index (χ2n) is 13.7. The average Bonchev–Trinajstić information content (AvgIpc) is 3.51. The molecule has 1 aliphatic carbocycles. The highest BCUT2D eigenvalue weighted by molar-refractivity contribution is 6.02. The summed E-state index contributed by atoms with van der Waals surface area (Å²) in [5.41, 5.74) is 14.8. The molecule has 10 rings (SSSR count). The van der Waals surface area contributed by atoms with Crippen LogP contribution in [0.1, 0.15) is 22.3 Å². The summed E-state index contributed by atoms with van der Waals surface area (Å²) in [7, 11) is 0. The summed E-state index contributed by atoms with van der Waals surface area (Å²) in [5.74, 6) is 0. The molecule has 0 unspecified atom stereocenters. The summed E-state index contributed by atoms with van der Waals surface area (Å²) in [6.07, 6.45) is 0. The SMILES string of the molecule is c1ccc(-c2ccc3ccc(-c4cc(-c5ccc6c(c5)C(c5ccccc5)(c5ccccc5)c5ccccc5-6)c5ccccc5c4)cc3c2)cc1. The van der Waals surface area contributed by atoms with Crippen LogP contribution in [0, 0.1) is 0 Å². The number of hydrogen-bond acceptors (Lipinski definition) is 0. The fourth-order valence-electron chi connectivity index (χ4n) is 8.56. The minimum Gasteiger partial charge on any atom is -0.0622 e. The predicted octanol–water partition coefficient (Wildman–Crippen LogP) is 13.4. The summed E-state index contributed by atoms with van der Waals surface area (Å²) in [5, 5.41) is 4.99. The normalized spacial score (nSPS) is 12.9. The lowest BCUT2D eigenvalue weighted by Crippen LogP contribution is -2.28. The van der Waals surface area contributed by atoms with E-state index in [1.165, 1.54) is 88.3 Å². The smallest absolute Gasteiger partial charge is 0.0622 e. The molecule has 0 heterocycles. The highest BCUT2D eigenvalue weighted by Gasteiger charge is 2.46. The highest BCUT2D eigenvalue weighted by atomic mass is 14.5. The largest absolute Gasteiger partial charge is 0.0713 e. The summed E-state index contributed by atoms with van der Waals surface area (Å²) in [6.45, 7) is 0. The van der Waals surface area contributed by atoms with Crippen LogP contribution in [0.4, 0.5) is 0 Å². The van der Waals surface area contributed by atoms with E-state index in [2.05, 4.69) is 206 Å². The molecule has 0 bridgehead atoms. The van der Waals surface area contributed by atoms with Crippen LogP contribution in [-0.4, -0.2) is 0 Å². The maximum atomic E-state index is 2.48. The van der Waals surface area contributed by atoms with E-state index in [1.807, 2.05) is 0 Å². The van der Waals surface area contributed by atoms with Gasteiger partial charge in [0, 0.05) is 0 Å². The van der Waals surface area contributed by atoms with Gasteiger partial charge in [-0.15, -0.1) is 0 Å². The first-order valence-electron chi connectivity index (χ1n) is 17.8. The number of fused-ring (bicyclic) bond motifs is 5. The molecule has 0 nitrogen and oxygen atoms in total. The lowest BCUT2D eigenvalue weighted by molar-refractivity contribution is 0.769. The molecule has 1 aliphatic rings. The Morgan fingerprint density at radius 2 is 0.804 bits per heavy atom. The molecule has 0 saturated heterocycles. The van der Waals surface area contributed by atoms with E-state index in [0.29, 0.717) is 0 Å². The monoisotopic (exact) mass is 646 g/mol. The van der Waals surface area contributed by atoms with Crippen molar-refractivity contribution in [1.82, 2.24) is 0 Å². The molecule has 9 aromatic carbocycles. The van der Waals surface area contributed by atoms with Crippen LogP contribution in [-0.2, 0) is 5.41 Å². The number of benzene rings is 9. The van der Waals surface area contributed by atoms with Crippen LogP contribution >= 0.6 is 0 Å². The fourth-order valence-corrected chi connectivity index (χ4v) is 8.56. The molecule has 51 heavy (non-hydrogen) atoms. The predicted molar refractivity (Wildman–Crippen MR) is 215 cm³/mol. The Labute approximate surface area is 298 Å². The molecular formula is C51H34. The van der Waals surface area contributed by atoms with Crippen LogP contribution in [0.5, 0.6) is 0 Å². The number of rotatable bonds is 5. The first-order valence-corrected chi connectivity index (χ1v) is 17.8. The molecule has 0 amide bonds. The molecule has 0 aliphatic heterocycles. The van der Waals surface area contributed by atoms with E-state index >= 15 is 0 Å². The van der Waals surface area contributed by atoms with Gasteiger partial charge in [0.25, 0.3) is 0 Å². The standard InChI is InChI=1S/C51H34/c1-4-14-35(15-5-1)37-26-24-36-25-27-38(31-41(36)30-37)42-32-39-16-10-11-21-45(39)48(33-42)40-28-29-47-46-22-12-13-23-49(46)51(50(47)34-40,43-17-6-2-7-18-43)44-19-8-3-9-20-44/h1-34H. The topological polar surface area (TPSA) is 0 Å². The maximum absolute atomic E-state index is 2.48. The van der Waals surface area contributed by atoms with Gasteiger partial charge in [-0.1, -0.05) is 176 Å². The van der Waals surface area contributed by atoms with Gasteiger partial charge in [0.15, 0.2) is 0 Å². The summed E-state index contributed by atoms with van der Waals surface area (Å²) in [6, 6.07) is 76.2. The Morgan fingerprint density at radius 3 is 1.53 bits per heavy atom. The van der Waals surface area contributed by atoms with E-state index in [9.17, 15) is 0 Å². The van der Waals surface area contributed by atoms with Gasteiger partial charge in [-0.25, -0.2) is 0 Å². The van der Waals surface area contributed by atoms with Gasteiger partial charge in [-0.05, 0) is 119 Å². The third kappa shape index (κ3) is 4.68. The molecule has 0 saturated carbocycles. The highest BCUT2D eigenvalue weighted by Crippen LogP contribution is 2.57. The lowest BCUT2D eigenvalue weighted by atomic mass is 9.67. The summed E-state index contributed by atoms with van der Waals surface area (Å²) in [4.78, 5) is 0. The van der Waals surface area contributed by atoms with Crippen molar-refractivity contribution < 1.29 is 0 Å². The van der Waals surface area contributed by atoms with E-state index in [4.69, 9.17) is 0 Å². The molecule has 0 radical (unpaired) electrons. The average molecular weight is 647 g/mol. The van der Waals surface area contributed by atoms with Crippen molar-refractivity contribution in [2.24, 2.45) is 0 Å². The van der Waals surface area contributed by atoms with Crippen LogP contribution < -0.4 is 0 Å². The quantitative estimate of drug-likeness (QED) is 0.175. The van der Waals surface area contributed by atoms with Gasteiger partial charge < -0.3 is 0 Å². The van der Waals surface area contributed by atoms with Gasteiger partial charge in [-0.3, -0.25) is 0 Å². The van der Waals surface area contributed by atoms with Gasteiger partial charge in [-0.2, -0.15) is 0 Å². The maximum Gasteiger partial charge on any atom is 0.0713 e. The molecule has 9 aromatic rings. The zero-order valence-corrected chi connectivity index (χ0v) is 28.1. The van der Waals surface area contributed by atoms with Crippen LogP contribution in [0.3, 0.4) is 0 Å². The van der Waals surface area contributed by atoms with E-state index in [0.717, 1.165) is 0 Å². The van der Waals surface area contributed by atoms with Crippen molar-refractivity contribution in [1.29, 1.82) is 0 Å². The second-order valence-corrected chi connectivity index (χ2v) is 13.7. The molecule has 0 spiro atoms. The van der Waals surface area contributed by atoms with Gasteiger partial charge in [0.2, 0.25) is 0 Å². The van der Waals surface area contributed by atoms with Crippen molar-refractivity contribution in [3.8, 4) is 44.5 Å². The van der Waals surface area contributed by atoms with E-state index in [1.54, 1.807) is 0 Å². The second kappa shape index (κ2) is 11.8. The lowest BCUT2D eigenvalue weighted by Gasteiger charge is -2.34. The fraction of sp³-hybridized carbons (Fsp3) is 0.0196. The van der Waals surface area contributed by atoms with Crippen LogP contribution in [0.2, 0.25) is 0 Å². The first-order chi connectivity index (χ1) is 25.3. The Bertz CT molecular complexity index is 2680. The summed E-state index contributed by atoms with van der Waals surface area (Å²) >= 11 is 0.